The van der Waals surface area contributed by atoms with E-state index in [2.05, 4.69) is 14.7 Å². The molecule has 0 saturated carbocycles. The Balaban J connectivity index is 1.54. The maximum Gasteiger partial charge on any atom is 0.152 e. The van der Waals surface area contributed by atoms with Gasteiger partial charge >= 0.3 is 0 Å². The van der Waals surface area contributed by atoms with E-state index in [-0.39, 0.29) is 0 Å². The lowest BCUT2D eigenvalue weighted by atomic mass is 10.2. The number of nitrogens with zero attached hydrogens (tertiary/aromatic N) is 4. The molecular weight excluding hydrogens is 378 g/mol. The van der Waals surface area contributed by atoms with Gasteiger partial charge in [-0.1, -0.05) is 53.7 Å². The molecule has 4 aromatic rings. The number of imidazole rings is 1. The van der Waals surface area contributed by atoms with Crippen LogP contribution in [0, 0.1) is 0 Å². The topological polar surface area (TPSA) is 87.6 Å². The molecule has 0 bridgehead atoms. The van der Waals surface area contributed by atoms with Crippen LogP contribution in [0.2, 0.25) is 0 Å². The summed E-state index contributed by atoms with van der Waals surface area (Å²) in [5.74, 6) is 1.27. The second-order valence-electron chi connectivity index (χ2n) is 6.86. The summed E-state index contributed by atoms with van der Waals surface area (Å²) in [6.45, 7) is 4.22. The summed E-state index contributed by atoms with van der Waals surface area (Å²) in [6.07, 6.45) is 2.49. The number of ether oxygens (including phenoxy) is 1. The first-order valence-corrected chi connectivity index (χ1v) is 10.1. The van der Waals surface area contributed by atoms with Crippen molar-refractivity contribution in [3.8, 4) is 0 Å². The first-order chi connectivity index (χ1) is 14.8. The zero-order valence-corrected chi connectivity index (χ0v) is 17.0. The molecule has 0 spiro atoms. The Kier molecular flexibility index (Phi) is 6.20. The van der Waals surface area contributed by atoms with Gasteiger partial charge in [0.2, 0.25) is 0 Å². The number of oxime groups is 1. The van der Waals surface area contributed by atoms with E-state index in [0.29, 0.717) is 37.7 Å². The number of benzene rings is 2. The Bertz CT molecular complexity index is 1150. The predicted octanol–water partition coefficient (Wildman–Crippen LogP) is 4.14. The zero-order chi connectivity index (χ0) is 20.8. The van der Waals surface area contributed by atoms with E-state index in [1.807, 2.05) is 61.5 Å². The van der Waals surface area contributed by atoms with Gasteiger partial charge < -0.3 is 19.9 Å². The van der Waals surface area contributed by atoms with Gasteiger partial charge in [0.25, 0.3) is 0 Å². The highest BCUT2D eigenvalue weighted by molar-refractivity contribution is 6.06. The number of pyridine rings is 1. The van der Waals surface area contributed by atoms with Crippen molar-refractivity contribution in [2.45, 2.75) is 26.5 Å². The number of hydrogen-bond acceptors (Lipinski definition) is 6. The fourth-order valence-corrected chi connectivity index (χ4v) is 3.43. The number of nitrogens with two attached hydrogens (primary N) is 1. The summed E-state index contributed by atoms with van der Waals surface area (Å²) in [5, 5.41) is 5.08. The molecule has 0 amide bonds. The smallest absolute Gasteiger partial charge is 0.152 e. The van der Waals surface area contributed by atoms with E-state index in [1.54, 1.807) is 6.21 Å². The highest BCUT2D eigenvalue weighted by atomic mass is 16.6. The Hall–Kier alpha value is -3.45. The van der Waals surface area contributed by atoms with Gasteiger partial charge in [-0.3, -0.25) is 0 Å². The molecule has 154 valence electrons. The molecular formula is C23H25N5O2. The molecule has 7 heteroatoms. The minimum absolute atomic E-state index is 0.423. The predicted molar refractivity (Wildman–Crippen MR) is 119 cm³/mol. The maximum atomic E-state index is 6.21. The molecule has 0 atom stereocenters. The molecule has 2 aromatic carbocycles. The SMILES string of the molecule is CCOCc1nc2c(N)nc3ccccc3c2n1CCCON=Cc1ccccc1. The van der Waals surface area contributed by atoms with Crippen LogP contribution >= 0.6 is 0 Å². The molecule has 0 fully saturated rings. The lowest BCUT2D eigenvalue weighted by molar-refractivity contribution is 0.122. The van der Waals surface area contributed by atoms with Crippen molar-refractivity contribution >= 4 is 34.0 Å². The van der Waals surface area contributed by atoms with Crippen molar-refractivity contribution in [3.05, 3.63) is 66.0 Å². The Morgan fingerprint density at radius 1 is 1.07 bits per heavy atom. The molecule has 0 saturated heterocycles. The van der Waals surface area contributed by atoms with Gasteiger partial charge in [0.15, 0.2) is 5.82 Å². The van der Waals surface area contributed by atoms with E-state index in [9.17, 15) is 0 Å². The average Bonchev–Trinajstić information content (AvgIpc) is 3.15. The van der Waals surface area contributed by atoms with Crippen LogP contribution in [-0.4, -0.2) is 34.0 Å². The molecule has 0 aliphatic rings. The highest BCUT2D eigenvalue weighted by Crippen LogP contribution is 2.29. The molecule has 7 nitrogen and oxygen atoms in total. The summed E-state index contributed by atoms with van der Waals surface area (Å²) >= 11 is 0. The second-order valence-corrected chi connectivity index (χ2v) is 6.86. The molecule has 2 N–H and O–H groups in total. The Morgan fingerprint density at radius 2 is 1.87 bits per heavy atom. The van der Waals surface area contributed by atoms with Crippen molar-refractivity contribution in [2.75, 3.05) is 18.9 Å². The van der Waals surface area contributed by atoms with Crippen LogP contribution in [0.25, 0.3) is 21.9 Å². The third-order valence-electron chi connectivity index (χ3n) is 4.82. The van der Waals surface area contributed by atoms with Crippen LogP contribution in [0.5, 0.6) is 0 Å². The number of fused-ring (bicyclic) bond motifs is 3. The largest absolute Gasteiger partial charge is 0.396 e. The van der Waals surface area contributed by atoms with Gasteiger partial charge in [-0.2, -0.15) is 0 Å². The Labute approximate surface area is 175 Å². The van der Waals surface area contributed by atoms with Crippen molar-refractivity contribution in [3.63, 3.8) is 0 Å². The van der Waals surface area contributed by atoms with Gasteiger partial charge in [0.1, 0.15) is 24.6 Å². The fraction of sp³-hybridized carbons (Fsp3) is 0.261. The lowest BCUT2D eigenvalue weighted by Crippen LogP contribution is -2.08. The number of aryl methyl sites for hydroxylation is 1. The summed E-state index contributed by atoms with van der Waals surface area (Å²) in [7, 11) is 0. The highest BCUT2D eigenvalue weighted by Gasteiger charge is 2.17. The van der Waals surface area contributed by atoms with Gasteiger partial charge in [-0.05, 0) is 18.6 Å². The molecule has 0 unspecified atom stereocenters. The first-order valence-electron chi connectivity index (χ1n) is 10.1. The lowest BCUT2D eigenvalue weighted by Gasteiger charge is -2.10. The number of aromatic nitrogens is 3. The van der Waals surface area contributed by atoms with Crippen LogP contribution < -0.4 is 5.73 Å². The van der Waals surface area contributed by atoms with Crippen LogP contribution in [0.15, 0.2) is 59.8 Å². The third-order valence-corrected chi connectivity index (χ3v) is 4.82. The molecule has 30 heavy (non-hydrogen) atoms. The van der Waals surface area contributed by atoms with Crippen LogP contribution in [0.1, 0.15) is 24.7 Å². The molecule has 0 radical (unpaired) electrons. The van der Waals surface area contributed by atoms with Crippen LogP contribution in [0.3, 0.4) is 0 Å². The first kappa shape index (κ1) is 19.8. The molecule has 4 rings (SSSR count). The van der Waals surface area contributed by atoms with Gasteiger partial charge in [0, 0.05) is 25.0 Å². The van der Waals surface area contributed by atoms with Crippen molar-refractivity contribution in [1.82, 2.24) is 14.5 Å². The van der Waals surface area contributed by atoms with Crippen molar-refractivity contribution in [2.24, 2.45) is 5.16 Å². The zero-order valence-electron chi connectivity index (χ0n) is 17.0. The van der Waals surface area contributed by atoms with E-state index in [0.717, 1.165) is 34.2 Å². The van der Waals surface area contributed by atoms with Crippen molar-refractivity contribution < 1.29 is 9.57 Å². The fourth-order valence-electron chi connectivity index (χ4n) is 3.43. The van der Waals surface area contributed by atoms with E-state index in [4.69, 9.17) is 20.3 Å². The van der Waals surface area contributed by atoms with E-state index >= 15 is 0 Å². The standard InChI is InChI=1S/C23H25N5O2/c1-2-29-16-20-27-21-22(18-11-6-7-12-19(18)26-23(21)24)28(20)13-8-14-30-25-15-17-9-4-3-5-10-17/h3-7,9-12,15H,2,8,13-14,16H2,1H3,(H2,24,26). The normalized spacial score (nSPS) is 11.6. The number of anilines is 1. The van der Waals surface area contributed by atoms with Gasteiger partial charge in [-0.25, -0.2) is 9.97 Å². The molecule has 2 heterocycles. The summed E-state index contributed by atoms with van der Waals surface area (Å²) in [4.78, 5) is 14.7. The van der Waals surface area contributed by atoms with Gasteiger partial charge in [-0.15, -0.1) is 0 Å². The molecule has 2 aromatic heterocycles. The van der Waals surface area contributed by atoms with E-state index < -0.39 is 0 Å². The van der Waals surface area contributed by atoms with E-state index in [1.165, 1.54) is 0 Å². The monoisotopic (exact) mass is 403 g/mol. The molecule has 0 aliphatic carbocycles. The molecule has 0 aliphatic heterocycles. The summed E-state index contributed by atoms with van der Waals surface area (Å²) < 4.78 is 7.80. The average molecular weight is 403 g/mol. The van der Waals surface area contributed by atoms with Crippen LogP contribution in [0.4, 0.5) is 5.82 Å². The maximum absolute atomic E-state index is 6.21. The third kappa shape index (κ3) is 4.26. The Morgan fingerprint density at radius 3 is 2.70 bits per heavy atom. The second kappa shape index (κ2) is 9.37. The minimum Gasteiger partial charge on any atom is -0.396 e. The number of hydrogen-bond donors (Lipinski definition) is 1. The quantitative estimate of drug-likeness (QED) is 0.258. The van der Waals surface area contributed by atoms with Gasteiger partial charge in [0.05, 0.1) is 17.2 Å². The number of rotatable bonds is 9. The van der Waals surface area contributed by atoms with Crippen LogP contribution in [-0.2, 0) is 22.7 Å². The summed E-state index contributed by atoms with van der Waals surface area (Å²) in [5.41, 5.74) is 9.78. The number of para-hydroxylation sites is 1. The van der Waals surface area contributed by atoms with Crippen molar-refractivity contribution in [1.29, 1.82) is 0 Å². The summed E-state index contributed by atoms with van der Waals surface area (Å²) in [6, 6.07) is 17.8. The number of nitrogen functional groups attached to an aromatic ring is 1. The minimum atomic E-state index is 0.423.